The second kappa shape index (κ2) is 5.50. The predicted octanol–water partition coefficient (Wildman–Crippen LogP) is 2.92. The summed E-state index contributed by atoms with van der Waals surface area (Å²) in [5.41, 5.74) is 2.64. The van der Waals surface area contributed by atoms with E-state index in [9.17, 15) is 12.8 Å². The minimum Gasteiger partial charge on any atom is -0.286 e. The summed E-state index contributed by atoms with van der Waals surface area (Å²) in [5, 5.41) is 0. The zero-order chi connectivity index (χ0) is 13.9. The highest BCUT2D eigenvalue weighted by atomic mass is 32.2. The molecule has 5 heteroatoms. The van der Waals surface area contributed by atoms with Gasteiger partial charge in [0, 0.05) is 0 Å². The predicted molar refractivity (Wildman–Crippen MR) is 72.0 cm³/mol. The van der Waals surface area contributed by atoms with Crippen molar-refractivity contribution in [3.8, 4) is 11.1 Å². The van der Waals surface area contributed by atoms with Crippen LogP contribution >= 0.6 is 0 Å². The summed E-state index contributed by atoms with van der Waals surface area (Å²) in [6, 6.07) is 13.4. The highest BCUT2D eigenvalue weighted by Crippen LogP contribution is 2.20. The Morgan fingerprint density at radius 2 is 1.37 bits per heavy atom. The Morgan fingerprint density at radius 1 is 0.895 bits per heavy atom. The molecule has 0 saturated carbocycles. The second-order valence-electron chi connectivity index (χ2n) is 4.24. The van der Waals surface area contributed by atoms with Gasteiger partial charge in [0.05, 0.1) is 5.75 Å². The second-order valence-corrected chi connectivity index (χ2v) is 5.81. The van der Waals surface area contributed by atoms with E-state index in [1.165, 1.54) is 12.1 Å². The zero-order valence-electron chi connectivity index (χ0n) is 10.1. The Bertz CT molecular complexity index is 646. The zero-order valence-corrected chi connectivity index (χ0v) is 10.9. The minimum absolute atomic E-state index is 0.266. The number of rotatable bonds is 4. The van der Waals surface area contributed by atoms with E-state index in [-0.39, 0.29) is 18.0 Å². The number of hydrogen-bond donors (Lipinski definition) is 1. The van der Waals surface area contributed by atoms with Gasteiger partial charge in [-0.3, -0.25) is 4.55 Å². The van der Waals surface area contributed by atoms with Crippen molar-refractivity contribution in [1.82, 2.24) is 0 Å². The van der Waals surface area contributed by atoms with Crippen LogP contribution in [-0.4, -0.2) is 18.7 Å². The monoisotopic (exact) mass is 280 g/mol. The van der Waals surface area contributed by atoms with E-state index in [0.717, 1.165) is 16.7 Å². The molecule has 0 atom stereocenters. The number of halogens is 1. The van der Waals surface area contributed by atoms with Crippen molar-refractivity contribution in [2.24, 2.45) is 0 Å². The van der Waals surface area contributed by atoms with Gasteiger partial charge in [0.1, 0.15) is 5.82 Å². The first-order chi connectivity index (χ1) is 8.94. The van der Waals surface area contributed by atoms with Gasteiger partial charge in [0.2, 0.25) is 0 Å². The molecular formula is C14H13FO3S. The highest BCUT2D eigenvalue weighted by molar-refractivity contribution is 7.85. The molecule has 0 bridgehead atoms. The van der Waals surface area contributed by atoms with Gasteiger partial charge in [-0.1, -0.05) is 36.4 Å². The maximum atomic E-state index is 12.8. The lowest BCUT2D eigenvalue weighted by Gasteiger charge is -2.04. The van der Waals surface area contributed by atoms with Gasteiger partial charge < -0.3 is 0 Å². The lowest BCUT2D eigenvalue weighted by molar-refractivity contribution is 0.482. The molecule has 0 radical (unpaired) electrons. The molecule has 100 valence electrons. The molecule has 2 aromatic rings. The maximum Gasteiger partial charge on any atom is 0.265 e. The minimum atomic E-state index is -3.93. The fraction of sp³-hybridized carbons (Fsp3) is 0.143. The average Bonchev–Trinajstić information content (AvgIpc) is 2.37. The molecule has 0 unspecified atom stereocenters. The van der Waals surface area contributed by atoms with E-state index < -0.39 is 10.1 Å². The molecule has 19 heavy (non-hydrogen) atoms. The summed E-state index contributed by atoms with van der Waals surface area (Å²) in [4.78, 5) is 0. The molecule has 0 heterocycles. The van der Waals surface area contributed by atoms with Crippen molar-refractivity contribution < 1.29 is 17.4 Å². The molecule has 0 amide bonds. The highest BCUT2D eigenvalue weighted by Gasteiger charge is 2.05. The van der Waals surface area contributed by atoms with Crippen molar-refractivity contribution in [3.05, 3.63) is 59.9 Å². The summed E-state index contributed by atoms with van der Waals surface area (Å²) in [7, 11) is -3.93. The van der Waals surface area contributed by atoms with E-state index in [1.54, 1.807) is 24.3 Å². The molecule has 0 aliphatic carbocycles. The molecule has 3 nitrogen and oxygen atoms in total. The third kappa shape index (κ3) is 4.15. The van der Waals surface area contributed by atoms with Crippen molar-refractivity contribution in [2.45, 2.75) is 6.42 Å². The van der Waals surface area contributed by atoms with Crippen molar-refractivity contribution in [2.75, 3.05) is 5.75 Å². The number of benzene rings is 2. The van der Waals surface area contributed by atoms with Crippen LogP contribution in [0.4, 0.5) is 4.39 Å². The van der Waals surface area contributed by atoms with E-state index in [1.807, 2.05) is 12.1 Å². The molecule has 0 fully saturated rings. The van der Waals surface area contributed by atoms with Crippen LogP contribution in [0.5, 0.6) is 0 Å². The quantitative estimate of drug-likeness (QED) is 0.876. The Morgan fingerprint density at radius 3 is 1.84 bits per heavy atom. The first-order valence-electron chi connectivity index (χ1n) is 5.74. The summed E-state index contributed by atoms with van der Waals surface area (Å²) in [6.45, 7) is 0. The topological polar surface area (TPSA) is 54.4 Å². The van der Waals surface area contributed by atoms with E-state index >= 15 is 0 Å². The summed E-state index contributed by atoms with van der Waals surface area (Å²) in [5.74, 6) is -0.573. The van der Waals surface area contributed by atoms with Crippen LogP contribution in [0.1, 0.15) is 5.56 Å². The molecule has 0 spiro atoms. The van der Waals surface area contributed by atoms with Gasteiger partial charge in [-0.15, -0.1) is 0 Å². The Hall–Kier alpha value is -1.72. The van der Waals surface area contributed by atoms with Crippen LogP contribution in [0.3, 0.4) is 0 Å². The van der Waals surface area contributed by atoms with Crippen LogP contribution in [0.15, 0.2) is 48.5 Å². The third-order valence-electron chi connectivity index (χ3n) is 2.78. The van der Waals surface area contributed by atoms with Crippen LogP contribution in [0.25, 0.3) is 11.1 Å². The van der Waals surface area contributed by atoms with Gasteiger partial charge in [-0.25, -0.2) is 4.39 Å². The van der Waals surface area contributed by atoms with E-state index in [2.05, 4.69) is 0 Å². The van der Waals surface area contributed by atoms with Crippen molar-refractivity contribution >= 4 is 10.1 Å². The van der Waals surface area contributed by atoms with Gasteiger partial charge in [-0.05, 0) is 35.2 Å². The number of hydrogen-bond acceptors (Lipinski definition) is 2. The van der Waals surface area contributed by atoms with Crippen molar-refractivity contribution in [3.63, 3.8) is 0 Å². The summed E-state index contributed by atoms with van der Waals surface area (Å²) in [6.07, 6.45) is 0.266. The maximum absolute atomic E-state index is 12.8. The van der Waals surface area contributed by atoms with Crippen LogP contribution in [0, 0.1) is 5.82 Å². The Balaban J connectivity index is 2.12. The fourth-order valence-corrected chi connectivity index (χ4v) is 2.25. The molecule has 0 aromatic heterocycles. The van der Waals surface area contributed by atoms with Crippen LogP contribution in [0.2, 0.25) is 0 Å². The lowest BCUT2D eigenvalue weighted by atomic mass is 10.0. The summed E-state index contributed by atoms with van der Waals surface area (Å²) < 4.78 is 42.8. The molecule has 2 rings (SSSR count). The van der Waals surface area contributed by atoms with Crippen molar-refractivity contribution in [1.29, 1.82) is 0 Å². The van der Waals surface area contributed by atoms with Gasteiger partial charge in [0.25, 0.3) is 10.1 Å². The first-order valence-corrected chi connectivity index (χ1v) is 7.35. The SMILES string of the molecule is O=S(=O)(O)CCc1ccc(-c2ccc(F)cc2)cc1. The molecular weight excluding hydrogens is 267 g/mol. The van der Waals surface area contributed by atoms with Crippen LogP contribution in [-0.2, 0) is 16.5 Å². The molecule has 0 aliphatic heterocycles. The third-order valence-corrected chi connectivity index (χ3v) is 3.50. The normalized spacial score (nSPS) is 11.5. The lowest BCUT2D eigenvalue weighted by Crippen LogP contribution is -2.06. The van der Waals surface area contributed by atoms with Crippen LogP contribution < -0.4 is 0 Å². The van der Waals surface area contributed by atoms with E-state index in [0.29, 0.717) is 0 Å². The molecule has 2 aromatic carbocycles. The Kier molecular flexibility index (Phi) is 3.97. The first kappa shape index (κ1) is 13.7. The fourth-order valence-electron chi connectivity index (χ4n) is 1.75. The largest absolute Gasteiger partial charge is 0.286 e. The average molecular weight is 280 g/mol. The summed E-state index contributed by atoms with van der Waals surface area (Å²) >= 11 is 0. The smallest absolute Gasteiger partial charge is 0.265 e. The molecule has 0 aliphatic rings. The molecule has 0 saturated heterocycles. The standard InChI is InChI=1S/C14H13FO3S/c15-14-7-5-13(6-8-14)12-3-1-11(2-4-12)9-10-19(16,17)18/h1-8H,9-10H2,(H,16,17,18). The van der Waals surface area contributed by atoms with Gasteiger partial charge in [-0.2, -0.15) is 8.42 Å². The van der Waals surface area contributed by atoms with Gasteiger partial charge in [0.15, 0.2) is 0 Å². The molecule has 1 N–H and O–H groups in total. The Labute approximate surface area is 111 Å². The number of aryl methyl sites for hydroxylation is 1. The van der Waals surface area contributed by atoms with E-state index in [4.69, 9.17) is 4.55 Å². The van der Waals surface area contributed by atoms with Gasteiger partial charge >= 0.3 is 0 Å².